The summed E-state index contributed by atoms with van der Waals surface area (Å²) < 4.78 is 16.4. The summed E-state index contributed by atoms with van der Waals surface area (Å²) in [5, 5.41) is 8.14. The molecule has 2 N–H and O–H groups in total. The van der Waals surface area contributed by atoms with Gasteiger partial charge in [-0.3, -0.25) is 14.3 Å². The second kappa shape index (κ2) is 10.1. The van der Waals surface area contributed by atoms with Crippen LogP contribution in [0.3, 0.4) is 0 Å². The lowest BCUT2D eigenvalue weighted by atomic mass is 10.2. The fourth-order valence-electron chi connectivity index (χ4n) is 3.82. The zero-order valence-electron chi connectivity index (χ0n) is 19.2. The van der Waals surface area contributed by atoms with Crippen LogP contribution in [0.2, 0.25) is 0 Å². The fourth-order valence-corrected chi connectivity index (χ4v) is 4.63. The summed E-state index contributed by atoms with van der Waals surface area (Å²) in [6, 6.07) is 6.00. The first-order chi connectivity index (χ1) is 16.5. The number of aryl methyl sites for hydroxylation is 1. The van der Waals surface area contributed by atoms with Gasteiger partial charge in [0.05, 0.1) is 28.6 Å². The highest BCUT2D eigenvalue weighted by atomic mass is 32.1. The molecule has 1 aromatic carbocycles. The number of aromatic nitrogens is 4. The van der Waals surface area contributed by atoms with Crippen LogP contribution in [-0.4, -0.2) is 51.2 Å². The van der Waals surface area contributed by atoms with E-state index < -0.39 is 11.7 Å². The molecule has 3 aromatic heterocycles. The number of hydrogen-bond donors (Lipinski definition) is 2. The number of nitrogens with zero attached hydrogens (tertiary/aromatic N) is 5. The topological polar surface area (TPSA) is 97.1 Å². The van der Waals surface area contributed by atoms with Gasteiger partial charge in [-0.1, -0.05) is 13.8 Å². The number of fused-ring (bicyclic) bond motifs is 1. The van der Waals surface area contributed by atoms with Gasteiger partial charge in [0.15, 0.2) is 5.13 Å². The first-order valence-electron chi connectivity index (χ1n) is 11.1. The zero-order chi connectivity index (χ0) is 24.2. The van der Waals surface area contributed by atoms with Crippen molar-refractivity contribution in [3.63, 3.8) is 0 Å². The second-order valence-electron chi connectivity index (χ2n) is 7.41. The summed E-state index contributed by atoms with van der Waals surface area (Å²) in [5.41, 5.74) is 2.30. The number of thiazole rings is 1. The van der Waals surface area contributed by atoms with Gasteiger partial charge < -0.3 is 15.5 Å². The van der Waals surface area contributed by atoms with Crippen LogP contribution in [0.15, 0.2) is 46.8 Å². The molecule has 0 atom stereocenters. The summed E-state index contributed by atoms with van der Waals surface area (Å²) in [6.45, 7) is 7.40. The maximum atomic E-state index is 13.6. The predicted octanol–water partition coefficient (Wildman–Crippen LogP) is 3.01. The number of carbonyl (C=O) groups excluding carboxylic acids is 1. The summed E-state index contributed by atoms with van der Waals surface area (Å²) in [4.78, 5) is 36.4. The summed E-state index contributed by atoms with van der Waals surface area (Å²) >= 11 is 1.17. The molecule has 178 valence electrons. The quantitative estimate of drug-likeness (QED) is 0.463. The number of carbonyl (C=O) groups is 1. The monoisotopic (exact) mass is 483 g/mol. The van der Waals surface area contributed by atoms with Gasteiger partial charge in [-0.05, 0) is 24.3 Å². The number of imidazole rings is 1. The molecule has 0 spiro atoms. The van der Waals surface area contributed by atoms with Crippen LogP contribution in [0.25, 0.3) is 16.2 Å². The minimum atomic E-state index is -0.429. The van der Waals surface area contributed by atoms with Crippen molar-refractivity contribution in [2.45, 2.75) is 13.8 Å². The van der Waals surface area contributed by atoms with E-state index in [-0.39, 0.29) is 11.4 Å². The van der Waals surface area contributed by atoms with Gasteiger partial charge in [0, 0.05) is 44.8 Å². The highest BCUT2D eigenvalue weighted by Crippen LogP contribution is 2.26. The maximum Gasteiger partial charge on any atom is 0.335 e. The molecule has 9 nitrogen and oxygen atoms in total. The Morgan fingerprint density at radius 1 is 1.18 bits per heavy atom. The maximum absolute atomic E-state index is 13.6. The highest BCUT2D eigenvalue weighted by molar-refractivity contribution is 7.12. The summed E-state index contributed by atoms with van der Waals surface area (Å²) in [5.74, 6) is -0.822. The smallest absolute Gasteiger partial charge is 0.335 e. The first-order valence-corrected chi connectivity index (χ1v) is 11.9. The van der Waals surface area contributed by atoms with Crippen LogP contribution in [0.1, 0.15) is 24.3 Å². The molecule has 1 aliphatic heterocycles. The largest absolute Gasteiger partial charge is 0.367 e. The molecular weight excluding hydrogens is 457 g/mol. The van der Waals surface area contributed by atoms with Crippen molar-refractivity contribution in [2.75, 3.05) is 36.4 Å². The van der Waals surface area contributed by atoms with Crippen molar-refractivity contribution in [2.24, 2.45) is 7.05 Å². The van der Waals surface area contributed by atoms with Gasteiger partial charge in [0.2, 0.25) is 0 Å². The molecule has 0 aliphatic carbocycles. The molecule has 5 rings (SSSR count). The van der Waals surface area contributed by atoms with E-state index in [0.29, 0.717) is 21.9 Å². The average molecular weight is 484 g/mol. The summed E-state index contributed by atoms with van der Waals surface area (Å²) in [6.07, 6.45) is 3.32. The number of halogens is 1. The Hall–Kier alpha value is -3.57. The van der Waals surface area contributed by atoms with Crippen molar-refractivity contribution >= 4 is 39.7 Å². The Morgan fingerprint density at radius 3 is 2.71 bits per heavy atom. The van der Waals surface area contributed by atoms with Crippen molar-refractivity contribution < 1.29 is 9.18 Å². The Labute approximate surface area is 199 Å². The molecule has 11 heteroatoms. The van der Waals surface area contributed by atoms with E-state index in [1.807, 2.05) is 19.9 Å². The number of piperazine rings is 1. The Bertz CT molecular complexity index is 1370. The molecule has 0 unspecified atom stereocenters. The lowest BCUT2D eigenvalue weighted by Gasteiger charge is -2.30. The van der Waals surface area contributed by atoms with E-state index in [9.17, 15) is 14.0 Å². The number of nitrogens with one attached hydrogen (secondary N) is 2. The van der Waals surface area contributed by atoms with E-state index in [4.69, 9.17) is 0 Å². The fraction of sp³-hybridized carbons (Fsp3) is 0.304. The third kappa shape index (κ3) is 4.44. The molecule has 34 heavy (non-hydrogen) atoms. The molecule has 1 fully saturated rings. The standard InChI is InChI=1S/C21H20FN7O2S.C2H6/c1-27-18-10-13(22)2-3-17(18)29(21(27)31)20-26-15(12-32-20)19(30)25-14-11-24-5-4-16(14)28-8-6-23-7-9-28;1-2/h2-5,10-12,23H,6-9H2,1H3,(H,25,30);1-2H3. The minimum Gasteiger partial charge on any atom is -0.367 e. The lowest BCUT2D eigenvalue weighted by molar-refractivity contribution is 0.102. The van der Waals surface area contributed by atoms with E-state index in [2.05, 4.69) is 25.5 Å². The third-order valence-corrected chi connectivity index (χ3v) is 6.26. The number of amides is 1. The van der Waals surface area contributed by atoms with Gasteiger partial charge in [0.1, 0.15) is 11.5 Å². The van der Waals surface area contributed by atoms with Gasteiger partial charge in [-0.25, -0.2) is 18.7 Å². The predicted molar refractivity (Wildman–Crippen MR) is 133 cm³/mol. The molecule has 0 radical (unpaired) electrons. The number of rotatable bonds is 4. The molecule has 4 heterocycles. The summed E-state index contributed by atoms with van der Waals surface area (Å²) in [7, 11) is 1.57. The van der Waals surface area contributed by atoms with Crippen molar-refractivity contribution in [1.82, 2.24) is 24.4 Å². The van der Waals surface area contributed by atoms with Crippen molar-refractivity contribution in [1.29, 1.82) is 0 Å². The minimum absolute atomic E-state index is 0.186. The molecule has 1 amide bonds. The van der Waals surface area contributed by atoms with Gasteiger partial charge in [-0.2, -0.15) is 0 Å². The Balaban J connectivity index is 0.00000133. The van der Waals surface area contributed by atoms with E-state index in [1.54, 1.807) is 24.8 Å². The molecule has 1 aliphatic rings. The number of pyridine rings is 1. The van der Waals surface area contributed by atoms with E-state index >= 15 is 0 Å². The third-order valence-electron chi connectivity index (χ3n) is 5.44. The van der Waals surface area contributed by atoms with Gasteiger partial charge in [-0.15, -0.1) is 11.3 Å². The molecule has 1 saturated heterocycles. The Morgan fingerprint density at radius 2 is 1.94 bits per heavy atom. The van der Waals surface area contributed by atoms with Gasteiger partial charge in [0.25, 0.3) is 5.91 Å². The van der Waals surface area contributed by atoms with E-state index in [1.165, 1.54) is 38.7 Å². The number of anilines is 2. The van der Waals surface area contributed by atoms with Crippen molar-refractivity contribution in [3.8, 4) is 5.13 Å². The van der Waals surface area contributed by atoms with Crippen LogP contribution in [-0.2, 0) is 7.05 Å². The van der Waals surface area contributed by atoms with Crippen molar-refractivity contribution in [3.05, 3.63) is 64.0 Å². The molecule has 0 saturated carbocycles. The number of benzene rings is 1. The highest BCUT2D eigenvalue weighted by Gasteiger charge is 2.20. The van der Waals surface area contributed by atoms with Crippen LogP contribution >= 0.6 is 11.3 Å². The number of hydrogen-bond acceptors (Lipinski definition) is 7. The van der Waals surface area contributed by atoms with Crippen LogP contribution in [0.4, 0.5) is 15.8 Å². The zero-order valence-corrected chi connectivity index (χ0v) is 20.0. The van der Waals surface area contributed by atoms with Crippen LogP contribution in [0, 0.1) is 5.82 Å². The second-order valence-corrected chi connectivity index (χ2v) is 8.25. The lowest BCUT2D eigenvalue weighted by Crippen LogP contribution is -2.43. The molecule has 0 bridgehead atoms. The van der Waals surface area contributed by atoms with Gasteiger partial charge >= 0.3 is 5.69 Å². The van der Waals surface area contributed by atoms with E-state index in [0.717, 1.165) is 31.9 Å². The normalized spacial score (nSPS) is 13.5. The first kappa shape index (κ1) is 23.6. The van der Waals surface area contributed by atoms with Crippen LogP contribution < -0.4 is 21.2 Å². The average Bonchev–Trinajstić information content (AvgIpc) is 3.45. The molecular formula is C23H26FN7O2S. The Kier molecular flexibility index (Phi) is 7.03. The SMILES string of the molecule is CC.Cn1c(=O)n(-c2nc(C(=O)Nc3cnccc3N3CCNCC3)cs2)c2ccc(F)cc21. The van der Waals surface area contributed by atoms with Crippen LogP contribution in [0.5, 0.6) is 0 Å². The molecule has 4 aromatic rings.